The third-order valence-corrected chi connectivity index (χ3v) is 9.62. The van der Waals surface area contributed by atoms with Crippen molar-refractivity contribution in [2.24, 2.45) is 5.73 Å². The summed E-state index contributed by atoms with van der Waals surface area (Å²) in [5, 5.41) is 2.37. The van der Waals surface area contributed by atoms with Crippen LogP contribution in [0.1, 0.15) is 36.1 Å². The van der Waals surface area contributed by atoms with Gasteiger partial charge in [-0.25, -0.2) is 12.8 Å². The summed E-state index contributed by atoms with van der Waals surface area (Å²) in [7, 11) is -3.64. The first-order valence-electron chi connectivity index (χ1n) is 11.9. The van der Waals surface area contributed by atoms with E-state index in [1.165, 1.54) is 10.4 Å². The Kier molecular flexibility index (Phi) is 6.18. The molecule has 1 amide bonds. The molecule has 0 spiro atoms. The second-order valence-electron chi connectivity index (χ2n) is 9.41. The maximum absolute atomic E-state index is 15.2. The Hall–Kier alpha value is -3.11. The first-order chi connectivity index (χ1) is 16.8. The minimum absolute atomic E-state index is 0.00207. The molecule has 3 aliphatic rings. The molecule has 8 nitrogen and oxygen atoms in total. The van der Waals surface area contributed by atoms with Gasteiger partial charge in [-0.3, -0.25) is 4.79 Å². The minimum atomic E-state index is -3.64. The Morgan fingerprint density at radius 2 is 1.91 bits per heavy atom. The van der Waals surface area contributed by atoms with Gasteiger partial charge in [-0.05, 0) is 37.5 Å². The lowest BCUT2D eigenvalue weighted by Gasteiger charge is -2.39. The van der Waals surface area contributed by atoms with Gasteiger partial charge in [-0.1, -0.05) is 36.4 Å². The van der Waals surface area contributed by atoms with Crippen molar-refractivity contribution >= 4 is 21.6 Å². The van der Waals surface area contributed by atoms with E-state index >= 15 is 4.39 Å². The molecule has 2 unspecified atom stereocenters. The fourth-order valence-electron chi connectivity index (χ4n) is 5.26. The number of hydrogen-bond acceptors (Lipinski definition) is 6. The monoisotopic (exact) mass is 499 g/mol. The number of rotatable bonds is 5. The zero-order valence-corrected chi connectivity index (χ0v) is 20.4. The van der Waals surface area contributed by atoms with E-state index in [1.807, 2.05) is 53.1 Å². The molecule has 3 atom stereocenters. The topological polar surface area (TPSA) is 99.0 Å². The lowest BCUT2D eigenvalue weighted by Crippen LogP contribution is -2.53. The number of anilines is 1. The van der Waals surface area contributed by atoms with Crippen molar-refractivity contribution in [2.75, 3.05) is 24.5 Å². The highest BCUT2D eigenvalue weighted by atomic mass is 32.2. The highest BCUT2D eigenvalue weighted by Crippen LogP contribution is 2.38. The highest BCUT2D eigenvalue weighted by Gasteiger charge is 2.41. The number of hydrogen-bond donors (Lipinski definition) is 2. The van der Waals surface area contributed by atoms with Gasteiger partial charge in [0.05, 0.1) is 12.2 Å². The van der Waals surface area contributed by atoms with E-state index in [0.717, 1.165) is 17.7 Å². The van der Waals surface area contributed by atoms with Gasteiger partial charge in [-0.2, -0.15) is 4.31 Å². The van der Waals surface area contributed by atoms with Crippen LogP contribution in [-0.2, 0) is 21.4 Å². The summed E-state index contributed by atoms with van der Waals surface area (Å²) < 4.78 is 43.7. The van der Waals surface area contributed by atoms with Gasteiger partial charge in [0.1, 0.15) is 11.1 Å². The molecule has 2 aromatic carbocycles. The lowest BCUT2D eigenvalue weighted by atomic mass is 10.0. The number of sulfonamides is 1. The largest absolute Gasteiger partial charge is 0.366 e. The molecular formula is C25H30FN5O3S. The molecule has 0 aliphatic carbocycles. The Bertz CT molecular complexity index is 1250. The molecule has 3 N–H and O–H groups in total. The smallest absolute Gasteiger partial charge is 0.260 e. The molecular weight excluding hydrogens is 469 g/mol. The second-order valence-corrected chi connectivity index (χ2v) is 11.5. The fraction of sp³-hybridized carbons (Fsp3) is 0.400. The number of nitrogens with two attached hydrogens (primary N) is 1. The van der Waals surface area contributed by atoms with Crippen molar-refractivity contribution in [2.45, 2.75) is 43.8 Å². The maximum Gasteiger partial charge on any atom is 0.260 e. The third kappa shape index (κ3) is 4.36. The number of piperazine rings is 1. The molecule has 0 bridgehead atoms. The molecule has 3 heterocycles. The van der Waals surface area contributed by atoms with Crippen molar-refractivity contribution in [3.63, 3.8) is 0 Å². The molecule has 186 valence electrons. The van der Waals surface area contributed by atoms with E-state index in [4.69, 9.17) is 5.73 Å². The zero-order chi connectivity index (χ0) is 24.7. The van der Waals surface area contributed by atoms with Gasteiger partial charge < -0.3 is 20.9 Å². The van der Waals surface area contributed by atoms with Crippen LogP contribution < -0.4 is 16.0 Å². The van der Waals surface area contributed by atoms with Crippen molar-refractivity contribution in [1.29, 1.82) is 0 Å². The fourth-order valence-corrected chi connectivity index (χ4v) is 7.45. The number of carbonyl (C=O) groups excluding carboxylic acids is 1. The van der Waals surface area contributed by atoms with Gasteiger partial charge in [0, 0.05) is 43.1 Å². The molecule has 2 saturated heterocycles. The van der Waals surface area contributed by atoms with Crippen molar-refractivity contribution in [3.05, 3.63) is 77.4 Å². The summed E-state index contributed by atoms with van der Waals surface area (Å²) in [4.78, 5) is 15.6. The van der Waals surface area contributed by atoms with E-state index in [2.05, 4.69) is 5.32 Å². The van der Waals surface area contributed by atoms with Crippen LogP contribution in [0.25, 0.3) is 0 Å². The Morgan fingerprint density at radius 1 is 1.14 bits per heavy atom. The van der Waals surface area contributed by atoms with E-state index < -0.39 is 33.2 Å². The highest BCUT2D eigenvalue weighted by molar-refractivity contribution is 7.89. The average molecular weight is 500 g/mol. The van der Waals surface area contributed by atoms with Crippen LogP contribution in [-0.4, -0.2) is 55.4 Å². The number of nitrogens with one attached hydrogen (secondary N) is 1. The Balaban J connectivity index is 1.32. The van der Waals surface area contributed by atoms with Gasteiger partial charge >= 0.3 is 0 Å². The van der Waals surface area contributed by atoms with Crippen molar-refractivity contribution in [3.8, 4) is 0 Å². The first-order valence-corrected chi connectivity index (χ1v) is 13.4. The van der Waals surface area contributed by atoms with Crippen LogP contribution in [0.4, 0.5) is 10.1 Å². The third-order valence-electron chi connectivity index (χ3n) is 7.25. The number of carbonyl (C=O) groups is 1. The average Bonchev–Trinajstić information content (AvgIpc) is 3.26. The van der Waals surface area contributed by atoms with Crippen LogP contribution in [0.3, 0.4) is 0 Å². The zero-order valence-electron chi connectivity index (χ0n) is 19.6. The van der Waals surface area contributed by atoms with E-state index in [0.29, 0.717) is 37.3 Å². The summed E-state index contributed by atoms with van der Waals surface area (Å²) in [5.41, 5.74) is 8.21. The maximum atomic E-state index is 15.2. The summed E-state index contributed by atoms with van der Waals surface area (Å²) in [6.45, 7) is 3.60. The lowest BCUT2D eigenvalue weighted by molar-refractivity contribution is -0.122. The van der Waals surface area contributed by atoms with Crippen LogP contribution in [0.15, 0.2) is 60.4 Å². The summed E-state index contributed by atoms with van der Waals surface area (Å²) >= 11 is 0. The summed E-state index contributed by atoms with van der Waals surface area (Å²) in [5.74, 6) is -0.862. The van der Waals surface area contributed by atoms with Crippen molar-refractivity contribution in [1.82, 2.24) is 14.5 Å². The number of primary amides is 1. The van der Waals surface area contributed by atoms with Gasteiger partial charge in [0.15, 0.2) is 6.17 Å². The summed E-state index contributed by atoms with van der Waals surface area (Å²) in [6.07, 6.45) is 2.51. The Morgan fingerprint density at radius 3 is 2.63 bits per heavy atom. The molecule has 0 aromatic heterocycles. The predicted octanol–water partition coefficient (Wildman–Crippen LogP) is 2.26. The molecule has 3 aliphatic heterocycles. The number of nitrogens with zero attached hydrogens (tertiary/aromatic N) is 3. The quantitative estimate of drug-likeness (QED) is 0.655. The second kappa shape index (κ2) is 9.16. The van der Waals surface area contributed by atoms with E-state index in [9.17, 15) is 13.2 Å². The normalized spacial score (nSPS) is 26.1. The van der Waals surface area contributed by atoms with E-state index in [1.54, 1.807) is 12.3 Å². The van der Waals surface area contributed by atoms with Crippen LogP contribution in [0.2, 0.25) is 0 Å². The SMILES string of the molecule is C[C@H]1CCC(c2ccccc2)S(=O)(=O)N1Cc1ccc(N2CCN3C(=CNC3C(N)=O)C2)cc1F. The number of fused-ring (bicyclic) bond motifs is 1. The van der Waals surface area contributed by atoms with Gasteiger partial charge in [0.25, 0.3) is 5.91 Å². The molecule has 2 aromatic rings. The molecule has 35 heavy (non-hydrogen) atoms. The Labute approximate surface area is 205 Å². The molecule has 10 heteroatoms. The number of amides is 1. The molecule has 5 rings (SSSR count). The van der Waals surface area contributed by atoms with Crippen LogP contribution in [0, 0.1) is 5.82 Å². The van der Waals surface area contributed by atoms with Crippen LogP contribution >= 0.6 is 0 Å². The standard InChI is InChI=1S/C25H30FN5O3S/c1-17-7-10-23(18-5-3-2-4-6-18)35(33,34)31(17)15-19-8-9-20(13-22(19)26)29-11-12-30-21(16-29)14-28-25(30)24(27)32/h2-6,8-9,13-14,17,23,25,28H,7,10-12,15-16H2,1H3,(H2,27,32)/t17-,23?,25?/m0/s1. The van der Waals surface area contributed by atoms with Crippen LogP contribution in [0.5, 0.6) is 0 Å². The van der Waals surface area contributed by atoms with E-state index in [-0.39, 0.29) is 12.6 Å². The van der Waals surface area contributed by atoms with Gasteiger partial charge in [0.2, 0.25) is 10.0 Å². The predicted molar refractivity (Wildman–Crippen MR) is 132 cm³/mol. The first kappa shape index (κ1) is 23.6. The molecule has 2 fully saturated rings. The summed E-state index contributed by atoms with van der Waals surface area (Å²) in [6, 6.07) is 14.0. The van der Waals surface area contributed by atoms with Crippen molar-refractivity contribution < 1.29 is 17.6 Å². The van der Waals surface area contributed by atoms with Gasteiger partial charge in [-0.15, -0.1) is 0 Å². The molecule has 0 saturated carbocycles. The number of benzene rings is 2. The molecule has 0 radical (unpaired) electrons. The number of halogens is 1. The minimum Gasteiger partial charge on any atom is -0.366 e.